The SMILES string of the molecule is Cc1[nH]c2ccccc2c1CC1CCN(C(=O)C(C)C)CC1. The molecule has 1 aromatic carbocycles. The van der Waals surface area contributed by atoms with Gasteiger partial charge in [-0.2, -0.15) is 0 Å². The van der Waals surface area contributed by atoms with E-state index in [0.717, 1.165) is 32.4 Å². The predicted molar refractivity (Wildman–Crippen MR) is 90.9 cm³/mol. The number of para-hydroxylation sites is 1. The minimum absolute atomic E-state index is 0.118. The average Bonchev–Trinajstić information content (AvgIpc) is 2.83. The van der Waals surface area contributed by atoms with Crippen LogP contribution in [0.5, 0.6) is 0 Å². The lowest BCUT2D eigenvalue weighted by atomic mass is 9.89. The molecule has 0 atom stereocenters. The number of nitrogens with zero attached hydrogens (tertiary/aromatic N) is 1. The van der Waals surface area contributed by atoms with Crippen LogP contribution in [0.3, 0.4) is 0 Å². The molecule has 1 aromatic heterocycles. The van der Waals surface area contributed by atoms with Gasteiger partial charge in [0.1, 0.15) is 0 Å². The fourth-order valence-electron chi connectivity index (χ4n) is 3.61. The zero-order valence-corrected chi connectivity index (χ0v) is 13.9. The molecule has 0 aliphatic carbocycles. The molecule has 0 spiro atoms. The van der Waals surface area contributed by atoms with E-state index in [4.69, 9.17) is 0 Å². The molecule has 1 aliphatic rings. The van der Waals surface area contributed by atoms with Crippen molar-refractivity contribution in [3.8, 4) is 0 Å². The quantitative estimate of drug-likeness (QED) is 0.916. The Morgan fingerprint density at radius 2 is 1.95 bits per heavy atom. The van der Waals surface area contributed by atoms with Crippen LogP contribution < -0.4 is 0 Å². The summed E-state index contributed by atoms with van der Waals surface area (Å²) in [6, 6.07) is 8.56. The minimum Gasteiger partial charge on any atom is -0.358 e. The van der Waals surface area contributed by atoms with E-state index in [9.17, 15) is 4.79 Å². The van der Waals surface area contributed by atoms with E-state index >= 15 is 0 Å². The Hall–Kier alpha value is -1.77. The van der Waals surface area contributed by atoms with Crippen LogP contribution in [-0.2, 0) is 11.2 Å². The topological polar surface area (TPSA) is 36.1 Å². The van der Waals surface area contributed by atoms with E-state index in [1.54, 1.807) is 0 Å². The zero-order valence-electron chi connectivity index (χ0n) is 13.9. The molecule has 0 unspecified atom stereocenters. The van der Waals surface area contributed by atoms with E-state index in [1.165, 1.54) is 22.2 Å². The second-order valence-electron chi connectivity index (χ2n) is 6.90. The van der Waals surface area contributed by atoms with Gasteiger partial charge in [0.25, 0.3) is 0 Å². The predicted octanol–water partition coefficient (Wildman–Crippen LogP) is 3.91. The summed E-state index contributed by atoms with van der Waals surface area (Å²) in [4.78, 5) is 17.6. The van der Waals surface area contributed by atoms with Gasteiger partial charge in [-0.05, 0) is 43.7 Å². The van der Waals surface area contributed by atoms with Crippen molar-refractivity contribution in [1.82, 2.24) is 9.88 Å². The van der Waals surface area contributed by atoms with E-state index in [2.05, 4.69) is 36.2 Å². The van der Waals surface area contributed by atoms with E-state index in [0.29, 0.717) is 11.8 Å². The maximum atomic E-state index is 12.1. The van der Waals surface area contributed by atoms with Crippen LogP contribution in [0.25, 0.3) is 10.9 Å². The van der Waals surface area contributed by atoms with Crippen LogP contribution in [-0.4, -0.2) is 28.9 Å². The van der Waals surface area contributed by atoms with Crippen molar-refractivity contribution in [3.05, 3.63) is 35.5 Å². The van der Waals surface area contributed by atoms with Crippen LogP contribution in [0.4, 0.5) is 0 Å². The van der Waals surface area contributed by atoms with Crippen molar-refractivity contribution in [2.45, 2.75) is 40.0 Å². The van der Waals surface area contributed by atoms with Crippen molar-refractivity contribution in [2.24, 2.45) is 11.8 Å². The third kappa shape index (κ3) is 2.90. The number of rotatable bonds is 3. The van der Waals surface area contributed by atoms with Gasteiger partial charge in [0.05, 0.1) is 0 Å². The van der Waals surface area contributed by atoms with E-state index in [1.807, 2.05) is 18.7 Å². The molecule has 0 bridgehead atoms. The highest BCUT2D eigenvalue weighted by Gasteiger charge is 2.25. The number of carbonyl (C=O) groups is 1. The normalized spacial score (nSPS) is 16.6. The lowest BCUT2D eigenvalue weighted by molar-refractivity contribution is -0.135. The van der Waals surface area contributed by atoms with Gasteiger partial charge < -0.3 is 9.88 Å². The molecule has 3 rings (SSSR count). The molecule has 1 amide bonds. The van der Waals surface area contributed by atoms with Crippen molar-refractivity contribution >= 4 is 16.8 Å². The van der Waals surface area contributed by atoms with Gasteiger partial charge in [0.15, 0.2) is 0 Å². The van der Waals surface area contributed by atoms with Gasteiger partial charge in [-0.25, -0.2) is 0 Å². The molecule has 3 heteroatoms. The number of aryl methyl sites for hydroxylation is 1. The number of likely N-dealkylation sites (tertiary alicyclic amines) is 1. The van der Waals surface area contributed by atoms with Crippen LogP contribution in [0, 0.1) is 18.8 Å². The van der Waals surface area contributed by atoms with Gasteiger partial charge in [-0.1, -0.05) is 32.0 Å². The number of aromatic amines is 1. The molecule has 0 radical (unpaired) electrons. The number of nitrogens with one attached hydrogen (secondary N) is 1. The molecule has 1 saturated heterocycles. The molecule has 0 saturated carbocycles. The first-order valence-electron chi connectivity index (χ1n) is 8.41. The summed E-state index contributed by atoms with van der Waals surface area (Å²) in [6.45, 7) is 7.99. The Kier molecular flexibility index (Phi) is 4.23. The second kappa shape index (κ2) is 6.15. The average molecular weight is 298 g/mol. The molecule has 22 heavy (non-hydrogen) atoms. The maximum absolute atomic E-state index is 12.1. The lowest BCUT2D eigenvalue weighted by Crippen LogP contribution is -2.40. The van der Waals surface area contributed by atoms with Crippen molar-refractivity contribution < 1.29 is 4.79 Å². The number of hydrogen-bond acceptors (Lipinski definition) is 1. The van der Waals surface area contributed by atoms with E-state index < -0.39 is 0 Å². The number of hydrogen-bond donors (Lipinski definition) is 1. The Morgan fingerprint density at radius 1 is 1.27 bits per heavy atom. The molecule has 118 valence electrons. The molecule has 1 aliphatic heterocycles. The molecule has 2 heterocycles. The van der Waals surface area contributed by atoms with Crippen LogP contribution in [0.1, 0.15) is 37.9 Å². The summed E-state index contributed by atoms with van der Waals surface area (Å²) in [5.41, 5.74) is 3.99. The summed E-state index contributed by atoms with van der Waals surface area (Å²) >= 11 is 0. The van der Waals surface area contributed by atoms with E-state index in [-0.39, 0.29) is 5.92 Å². The first kappa shape index (κ1) is 15.1. The van der Waals surface area contributed by atoms with Crippen LogP contribution >= 0.6 is 0 Å². The Labute approximate surface area is 132 Å². The second-order valence-corrected chi connectivity index (χ2v) is 6.90. The van der Waals surface area contributed by atoms with Gasteiger partial charge in [-0.15, -0.1) is 0 Å². The number of fused-ring (bicyclic) bond motifs is 1. The fourth-order valence-corrected chi connectivity index (χ4v) is 3.61. The van der Waals surface area contributed by atoms with Gasteiger partial charge in [-0.3, -0.25) is 4.79 Å². The summed E-state index contributed by atoms with van der Waals surface area (Å²) in [5, 5.41) is 1.36. The summed E-state index contributed by atoms with van der Waals surface area (Å²) < 4.78 is 0. The summed E-state index contributed by atoms with van der Waals surface area (Å²) in [6.07, 6.45) is 3.37. The Balaban J connectivity index is 1.67. The number of H-pyrrole nitrogens is 1. The standard InChI is InChI=1S/C19H26N2O/c1-13(2)19(22)21-10-8-15(9-11-21)12-17-14(3)20-18-7-5-4-6-16(17)18/h4-7,13,15,20H,8-12H2,1-3H3. The van der Waals surface area contributed by atoms with Crippen LogP contribution in [0.2, 0.25) is 0 Å². The smallest absolute Gasteiger partial charge is 0.225 e. The molecule has 3 nitrogen and oxygen atoms in total. The Bertz CT molecular complexity index is 663. The molecular formula is C19H26N2O. The van der Waals surface area contributed by atoms with Gasteiger partial charge in [0.2, 0.25) is 5.91 Å². The van der Waals surface area contributed by atoms with Crippen molar-refractivity contribution in [3.63, 3.8) is 0 Å². The maximum Gasteiger partial charge on any atom is 0.225 e. The minimum atomic E-state index is 0.118. The zero-order chi connectivity index (χ0) is 15.7. The fraction of sp³-hybridized carbons (Fsp3) is 0.526. The number of aromatic nitrogens is 1. The first-order chi connectivity index (χ1) is 10.6. The lowest BCUT2D eigenvalue weighted by Gasteiger charge is -2.33. The third-order valence-corrected chi connectivity index (χ3v) is 4.94. The Morgan fingerprint density at radius 3 is 2.64 bits per heavy atom. The monoisotopic (exact) mass is 298 g/mol. The first-order valence-corrected chi connectivity index (χ1v) is 8.41. The highest BCUT2D eigenvalue weighted by molar-refractivity contribution is 5.84. The summed E-state index contributed by atoms with van der Waals surface area (Å²) in [7, 11) is 0. The number of piperidine rings is 1. The molecule has 2 aromatic rings. The van der Waals surface area contributed by atoms with Gasteiger partial charge >= 0.3 is 0 Å². The van der Waals surface area contributed by atoms with Gasteiger partial charge in [0, 0.05) is 35.6 Å². The largest absolute Gasteiger partial charge is 0.358 e. The highest BCUT2D eigenvalue weighted by Crippen LogP contribution is 2.28. The molecule has 1 N–H and O–H groups in total. The molecule has 1 fully saturated rings. The number of carbonyl (C=O) groups excluding carboxylic acids is 1. The van der Waals surface area contributed by atoms with Crippen LogP contribution in [0.15, 0.2) is 24.3 Å². The third-order valence-electron chi connectivity index (χ3n) is 4.94. The van der Waals surface area contributed by atoms with Crippen molar-refractivity contribution in [1.29, 1.82) is 0 Å². The number of amides is 1. The van der Waals surface area contributed by atoms with Crippen molar-refractivity contribution in [2.75, 3.05) is 13.1 Å². The number of benzene rings is 1. The highest BCUT2D eigenvalue weighted by atomic mass is 16.2. The summed E-state index contributed by atoms with van der Waals surface area (Å²) in [5.74, 6) is 1.11. The molecular weight excluding hydrogens is 272 g/mol.